The molecule has 0 saturated carbocycles. The largest absolute Gasteiger partial charge is 0.374 e. The standard InChI is InChI=1S/C8H13NO3/c1-6(2)8(10)9-7-5-11-3-4-12-7/h7H,1,3-5H2,2H3,(H,9,10). The van der Waals surface area contributed by atoms with Crippen molar-refractivity contribution >= 4 is 5.91 Å². The van der Waals surface area contributed by atoms with Gasteiger partial charge < -0.3 is 14.8 Å². The minimum atomic E-state index is -0.317. The molecular weight excluding hydrogens is 158 g/mol. The summed E-state index contributed by atoms with van der Waals surface area (Å²) in [6, 6.07) is 0. The average molecular weight is 171 g/mol. The summed E-state index contributed by atoms with van der Waals surface area (Å²) < 4.78 is 10.3. The number of ether oxygens (including phenoxy) is 2. The number of carbonyl (C=O) groups excluding carboxylic acids is 1. The van der Waals surface area contributed by atoms with E-state index in [1.807, 2.05) is 0 Å². The van der Waals surface area contributed by atoms with Crippen LogP contribution in [0.5, 0.6) is 0 Å². The summed E-state index contributed by atoms with van der Waals surface area (Å²) in [6.45, 7) is 6.71. The summed E-state index contributed by atoms with van der Waals surface area (Å²) in [5.41, 5.74) is 0.476. The lowest BCUT2D eigenvalue weighted by molar-refractivity contribution is -0.133. The topological polar surface area (TPSA) is 47.6 Å². The van der Waals surface area contributed by atoms with E-state index in [0.717, 1.165) is 0 Å². The minimum Gasteiger partial charge on any atom is -0.374 e. The normalized spacial score (nSPS) is 23.2. The monoisotopic (exact) mass is 171 g/mol. The van der Waals surface area contributed by atoms with Crippen molar-refractivity contribution in [2.45, 2.75) is 13.2 Å². The lowest BCUT2D eigenvalue weighted by atomic mass is 10.3. The van der Waals surface area contributed by atoms with Gasteiger partial charge in [0.25, 0.3) is 0 Å². The maximum Gasteiger partial charge on any atom is 0.248 e. The number of carbonyl (C=O) groups is 1. The molecule has 1 heterocycles. The van der Waals surface area contributed by atoms with Gasteiger partial charge >= 0.3 is 0 Å². The molecule has 1 unspecified atom stereocenters. The van der Waals surface area contributed by atoms with Crippen LogP contribution in [0.25, 0.3) is 0 Å². The second kappa shape index (κ2) is 4.23. The Labute approximate surface area is 71.5 Å². The fourth-order valence-electron chi connectivity index (χ4n) is 0.841. The Bertz CT molecular complexity index is 185. The van der Waals surface area contributed by atoms with Gasteiger partial charge in [-0.2, -0.15) is 0 Å². The highest BCUT2D eigenvalue weighted by Crippen LogP contribution is 1.98. The SMILES string of the molecule is C=C(C)C(=O)NC1COCCO1. The first-order chi connectivity index (χ1) is 5.70. The molecule has 1 rings (SSSR count). The maximum atomic E-state index is 11.1. The van der Waals surface area contributed by atoms with Gasteiger partial charge in [-0.15, -0.1) is 0 Å². The molecule has 1 atom stereocenters. The molecule has 12 heavy (non-hydrogen) atoms. The third kappa shape index (κ3) is 2.64. The van der Waals surface area contributed by atoms with Crippen LogP contribution in [-0.4, -0.2) is 32.0 Å². The van der Waals surface area contributed by atoms with Crippen LogP contribution in [0.4, 0.5) is 0 Å². The summed E-state index contributed by atoms with van der Waals surface area (Å²) >= 11 is 0. The molecule has 0 radical (unpaired) electrons. The molecule has 0 aromatic heterocycles. The highest BCUT2D eigenvalue weighted by Gasteiger charge is 2.16. The molecule has 0 bridgehead atoms. The highest BCUT2D eigenvalue weighted by molar-refractivity contribution is 5.92. The number of amides is 1. The Balaban J connectivity index is 2.29. The van der Waals surface area contributed by atoms with Gasteiger partial charge in [0.2, 0.25) is 5.91 Å². The number of rotatable bonds is 2. The first-order valence-electron chi connectivity index (χ1n) is 3.86. The summed E-state index contributed by atoms with van der Waals surface area (Å²) in [4.78, 5) is 11.1. The van der Waals surface area contributed by atoms with Crippen molar-refractivity contribution < 1.29 is 14.3 Å². The predicted molar refractivity (Wildman–Crippen MR) is 43.5 cm³/mol. The lowest BCUT2D eigenvalue weighted by Gasteiger charge is -2.23. The molecule has 0 aromatic rings. The third-order valence-corrected chi connectivity index (χ3v) is 1.50. The van der Waals surface area contributed by atoms with Crippen LogP contribution in [-0.2, 0) is 14.3 Å². The quantitative estimate of drug-likeness (QED) is 0.597. The van der Waals surface area contributed by atoms with E-state index < -0.39 is 0 Å². The van der Waals surface area contributed by atoms with Gasteiger partial charge in [-0.1, -0.05) is 6.58 Å². The molecule has 0 aromatic carbocycles. The molecule has 4 heteroatoms. The van der Waals surface area contributed by atoms with E-state index in [0.29, 0.717) is 25.4 Å². The average Bonchev–Trinajstić information content (AvgIpc) is 2.06. The van der Waals surface area contributed by atoms with Crippen LogP contribution < -0.4 is 5.32 Å². The summed E-state index contributed by atoms with van der Waals surface area (Å²) in [6.07, 6.45) is -0.317. The van der Waals surface area contributed by atoms with Crippen LogP contribution in [0.1, 0.15) is 6.92 Å². The van der Waals surface area contributed by atoms with E-state index in [9.17, 15) is 4.79 Å². The molecule has 1 aliphatic rings. The molecule has 1 aliphatic heterocycles. The van der Waals surface area contributed by atoms with Gasteiger partial charge in [0, 0.05) is 5.57 Å². The minimum absolute atomic E-state index is 0.189. The third-order valence-electron chi connectivity index (χ3n) is 1.50. The number of nitrogens with one attached hydrogen (secondary N) is 1. The Hall–Kier alpha value is -0.870. The van der Waals surface area contributed by atoms with E-state index in [-0.39, 0.29) is 12.1 Å². The van der Waals surface area contributed by atoms with Gasteiger partial charge in [0.1, 0.15) is 0 Å². The van der Waals surface area contributed by atoms with Crippen molar-refractivity contribution in [1.82, 2.24) is 5.32 Å². The summed E-state index contributed by atoms with van der Waals surface area (Å²) in [5, 5.41) is 2.63. The first-order valence-corrected chi connectivity index (χ1v) is 3.86. The van der Waals surface area contributed by atoms with Crippen LogP contribution >= 0.6 is 0 Å². The molecule has 1 amide bonds. The predicted octanol–water partition coefficient (Wildman–Crippen LogP) is 0.0516. The van der Waals surface area contributed by atoms with E-state index in [1.165, 1.54) is 0 Å². The van der Waals surface area contributed by atoms with Gasteiger partial charge in [-0.05, 0) is 6.92 Å². The molecule has 1 saturated heterocycles. The zero-order valence-electron chi connectivity index (χ0n) is 7.13. The molecule has 0 spiro atoms. The van der Waals surface area contributed by atoms with Crippen molar-refractivity contribution in [3.63, 3.8) is 0 Å². The molecule has 4 nitrogen and oxygen atoms in total. The second-order valence-corrected chi connectivity index (χ2v) is 2.69. The van der Waals surface area contributed by atoms with Crippen molar-refractivity contribution in [3.05, 3.63) is 12.2 Å². The van der Waals surface area contributed by atoms with Crippen LogP contribution in [0, 0.1) is 0 Å². The van der Waals surface area contributed by atoms with Gasteiger partial charge in [-0.25, -0.2) is 0 Å². The summed E-state index contributed by atoms with van der Waals surface area (Å²) in [5.74, 6) is -0.189. The zero-order valence-corrected chi connectivity index (χ0v) is 7.13. The molecular formula is C8H13NO3. The van der Waals surface area contributed by atoms with Crippen LogP contribution in [0.3, 0.4) is 0 Å². The highest BCUT2D eigenvalue weighted by atomic mass is 16.6. The Morgan fingerprint density at radius 1 is 1.58 bits per heavy atom. The zero-order chi connectivity index (χ0) is 8.97. The Morgan fingerprint density at radius 2 is 2.33 bits per heavy atom. The summed E-state index contributed by atoms with van der Waals surface area (Å²) in [7, 11) is 0. The van der Waals surface area contributed by atoms with E-state index in [2.05, 4.69) is 11.9 Å². The van der Waals surface area contributed by atoms with Gasteiger partial charge in [0.05, 0.1) is 19.8 Å². The molecule has 1 fully saturated rings. The number of hydrogen-bond donors (Lipinski definition) is 1. The smallest absolute Gasteiger partial charge is 0.248 e. The van der Waals surface area contributed by atoms with Crippen molar-refractivity contribution in [3.8, 4) is 0 Å². The van der Waals surface area contributed by atoms with E-state index in [1.54, 1.807) is 6.92 Å². The van der Waals surface area contributed by atoms with Gasteiger partial charge in [0.15, 0.2) is 6.23 Å². The second-order valence-electron chi connectivity index (χ2n) is 2.69. The van der Waals surface area contributed by atoms with E-state index in [4.69, 9.17) is 9.47 Å². The Kier molecular flexibility index (Phi) is 3.25. The fourth-order valence-corrected chi connectivity index (χ4v) is 0.841. The molecule has 0 aliphatic carbocycles. The fraction of sp³-hybridized carbons (Fsp3) is 0.625. The van der Waals surface area contributed by atoms with Gasteiger partial charge in [-0.3, -0.25) is 4.79 Å². The Morgan fingerprint density at radius 3 is 2.83 bits per heavy atom. The number of hydrogen-bond acceptors (Lipinski definition) is 3. The molecule has 1 N–H and O–H groups in total. The van der Waals surface area contributed by atoms with Crippen LogP contribution in [0.2, 0.25) is 0 Å². The molecule has 68 valence electrons. The van der Waals surface area contributed by atoms with E-state index >= 15 is 0 Å². The first kappa shape index (κ1) is 9.22. The van der Waals surface area contributed by atoms with Crippen molar-refractivity contribution in [2.75, 3.05) is 19.8 Å². The van der Waals surface area contributed by atoms with Crippen molar-refractivity contribution in [1.29, 1.82) is 0 Å². The maximum absolute atomic E-state index is 11.1. The van der Waals surface area contributed by atoms with Crippen LogP contribution in [0.15, 0.2) is 12.2 Å². The van der Waals surface area contributed by atoms with Crippen molar-refractivity contribution in [2.24, 2.45) is 0 Å². The lowest BCUT2D eigenvalue weighted by Crippen LogP contribution is -2.43.